The second-order valence-corrected chi connectivity index (χ2v) is 10.6. The molecule has 2 aromatic rings. The van der Waals surface area contributed by atoms with E-state index < -0.39 is 15.4 Å². The van der Waals surface area contributed by atoms with Crippen molar-refractivity contribution < 1.29 is 17.9 Å². The second-order valence-electron chi connectivity index (χ2n) is 8.63. The number of amides is 1. The Morgan fingerprint density at radius 3 is 2.45 bits per heavy atom. The standard InChI is InChI=1S/C23H29NO4S/c1-23(2,3)28-22(25)24(4)16-18-10-8-9-17-15-20(13-14-21(17)18)29(26,27)19-11-6-5-7-12-19/h5-7,11-15,18H,8-10,16H2,1-4H3. The fourth-order valence-corrected chi connectivity index (χ4v) is 5.06. The zero-order valence-corrected chi connectivity index (χ0v) is 18.3. The number of benzene rings is 2. The van der Waals surface area contributed by atoms with Crippen molar-refractivity contribution in [2.45, 2.75) is 61.3 Å². The Bertz CT molecular complexity index is 978. The van der Waals surface area contributed by atoms with E-state index >= 15 is 0 Å². The minimum Gasteiger partial charge on any atom is -0.444 e. The van der Waals surface area contributed by atoms with Crippen LogP contribution in [0.15, 0.2) is 58.3 Å². The molecule has 0 heterocycles. The van der Waals surface area contributed by atoms with Crippen LogP contribution in [-0.2, 0) is 21.0 Å². The maximum Gasteiger partial charge on any atom is 0.410 e. The maximum atomic E-state index is 12.9. The molecule has 1 atom stereocenters. The topological polar surface area (TPSA) is 63.7 Å². The van der Waals surface area contributed by atoms with Crippen molar-refractivity contribution >= 4 is 15.9 Å². The Labute approximate surface area is 173 Å². The maximum absolute atomic E-state index is 12.9. The summed E-state index contributed by atoms with van der Waals surface area (Å²) in [6, 6.07) is 13.9. The lowest BCUT2D eigenvalue weighted by Gasteiger charge is -2.31. The van der Waals surface area contributed by atoms with Crippen LogP contribution in [0.25, 0.3) is 0 Å². The number of hydrogen-bond donors (Lipinski definition) is 0. The number of sulfone groups is 1. The summed E-state index contributed by atoms with van der Waals surface area (Å²) in [5.74, 6) is 0.171. The number of likely N-dealkylation sites (N-methyl/N-ethyl adjacent to an activating group) is 1. The third-order valence-corrected chi connectivity index (χ3v) is 6.88. The van der Waals surface area contributed by atoms with Crippen LogP contribution in [0.1, 0.15) is 50.7 Å². The van der Waals surface area contributed by atoms with Crippen LogP contribution in [0.3, 0.4) is 0 Å². The molecule has 0 aliphatic heterocycles. The molecule has 0 aromatic heterocycles. The van der Waals surface area contributed by atoms with E-state index in [-0.39, 0.29) is 12.0 Å². The molecule has 0 bridgehead atoms. The lowest BCUT2D eigenvalue weighted by atomic mass is 9.82. The summed E-state index contributed by atoms with van der Waals surface area (Å²) in [5, 5.41) is 0. The summed E-state index contributed by atoms with van der Waals surface area (Å²) in [4.78, 5) is 14.5. The first-order valence-electron chi connectivity index (χ1n) is 9.95. The van der Waals surface area contributed by atoms with Crippen molar-refractivity contribution in [2.75, 3.05) is 13.6 Å². The average molecular weight is 416 g/mol. The van der Waals surface area contributed by atoms with Crippen LogP contribution in [0.2, 0.25) is 0 Å². The van der Waals surface area contributed by atoms with E-state index in [4.69, 9.17) is 4.74 Å². The van der Waals surface area contributed by atoms with E-state index in [2.05, 4.69) is 0 Å². The molecule has 1 unspecified atom stereocenters. The molecule has 0 N–H and O–H groups in total. The summed E-state index contributed by atoms with van der Waals surface area (Å²) in [5.41, 5.74) is 1.64. The molecule has 0 spiro atoms. The number of ether oxygens (including phenoxy) is 1. The van der Waals surface area contributed by atoms with Gasteiger partial charge in [-0.25, -0.2) is 13.2 Å². The van der Waals surface area contributed by atoms with Crippen LogP contribution in [0.4, 0.5) is 4.79 Å². The highest BCUT2D eigenvalue weighted by molar-refractivity contribution is 7.91. The SMILES string of the molecule is CN(CC1CCCc2cc(S(=O)(=O)c3ccccc3)ccc21)C(=O)OC(C)(C)C. The van der Waals surface area contributed by atoms with Crippen molar-refractivity contribution in [1.29, 1.82) is 0 Å². The van der Waals surface area contributed by atoms with Gasteiger partial charge in [0.05, 0.1) is 9.79 Å². The Morgan fingerprint density at radius 1 is 1.10 bits per heavy atom. The van der Waals surface area contributed by atoms with Crippen LogP contribution in [0, 0.1) is 0 Å². The zero-order chi connectivity index (χ0) is 21.2. The van der Waals surface area contributed by atoms with Gasteiger partial charge in [0.1, 0.15) is 5.60 Å². The lowest BCUT2D eigenvalue weighted by molar-refractivity contribution is 0.0286. The molecule has 2 aromatic carbocycles. The monoisotopic (exact) mass is 415 g/mol. The Hall–Kier alpha value is -2.34. The molecular weight excluding hydrogens is 386 g/mol. The molecule has 6 heteroatoms. The van der Waals surface area contributed by atoms with Gasteiger partial charge in [-0.15, -0.1) is 0 Å². The minimum atomic E-state index is -3.53. The van der Waals surface area contributed by atoms with Gasteiger partial charge in [0.15, 0.2) is 0 Å². The van der Waals surface area contributed by atoms with Gasteiger partial charge in [0.2, 0.25) is 9.84 Å². The van der Waals surface area contributed by atoms with Crippen LogP contribution < -0.4 is 0 Å². The van der Waals surface area contributed by atoms with E-state index in [1.54, 1.807) is 54.4 Å². The zero-order valence-electron chi connectivity index (χ0n) is 17.5. The number of rotatable bonds is 4. The van der Waals surface area contributed by atoms with Crippen LogP contribution >= 0.6 is 0 Å². The highest BCUT2D eigenvalue weighted by atomic mass is 32.2. The molecule has 3 rings (SSSR count). The van der Waals surface area contributed by atoms with Crippen molar-refractivity contribution in [1.82, 2.24) is 4.90 Å². The molecule has 0 fully saturated rings. The molecular formula is C23H29NO4S. The molecule has 0 saturated carbocycles. The van der Waals surface area contributed by atoms with Gasteiger partial charge in [-0.1, -0.05) is 24.3 Å². The number of hydrogen-bond acceptors (Lipinski definition) is 4. The molecule has 0 radical (unpaired) electrons. The quantitative estimate of drug-likeness (QED) is 0.719. The first-order chi connectivity index (χ1) is 13.6. The summed E-state index contributed by atoms with van der Waals surface area (Å²) in [7, 11) is -1.78. The van der Waals surface area contributed by atoms with E-state index in [1.165, 1.54) is 0 Å². The molecule has 156 valence electrons. The average Bonchev–Trinajstić information content (AvgIpc) is 2.67. The number of carbonyl (C=O) groups is 1. The third kappa shape index (κ3) is 4.99. The van der Waals surface area contributed by atoms with Crippen molar-refractivity contribution in [2.24, 2.45) is 0 Å². The van der Waals surface area contributed by atoms with Gasteiger partial charge in [0, 0.05) is 19.5 Å². The van der Waals surface area contributed by atoms with E-state index in [1.807, 2.05) is 26.8 Å². The predicted octanol–water partition coefficient (Wildman–Crippen LogP) is 4.81. The molecule has 1 aliphatic rings. The second kappa shape index (κ2) is 8.19. The summed E-state index contributed by atoms with van der Waals surface area (Å²) < 4.78 is 31.3. The third-order valence-electron chi connectivity index (χ3n) is 5.12. The van der Waals surface area contributed by atoms with Crippen LogP contribution in [0.5, 0.6) is 0 Å². The van der Waals surface area contributed by atoms with Crippen LogP contribution in [-0.4, -0.2) is 38.6 Å². The molecule has 5 nitrogen and oxygen atoms in total. The first-order valence-corrected chi connectivity index (χ1v) is 11.4. The van der Waals surface area contributed by atoms with E-state index in [0.29, 0.717) is 16.3 Å². The largest absolute Gasteiger partial charge is 0.444 e. The van der Waals surface area contributed by atoms with E-state index in [9.17, 15) is 13.2 Å². The highest BCUT2D eigenvalue weighted by Crippen LogP contribution is 2.34. The molecule has 0 saturated heterocycles. The number of fused-ring (bicyclic) bond motifs is 1. The Balaban J connectivity index is 1.82. The highest BCUT2D eigenvalue weighted by Gasteiger charge is 2.27. The summed E-state index contributed by atoms with van der Waals surface area (Å²) in [6.45, 7) is 6.10. The molecule has 1 amide bonds. The van der Waals surface area contributed by atoms with Gasteiger partial charge in [-0.3, -0.25) is 0 Å². The van der Waals surface area contributed by atoms with Gasteiger partial charge in [-0.2, -0.15) is 0 Å². The van der Waals surface area contributed by atoms with Crippen molar-refractivity contribution in [3.63, 3.8) is 0 Å². The Morgan fingerprint density at radius 2 is 1.79 bits per heavy atom. The van der Waals surface area contributed by atoms with Gasteiger partial charge < -0.3 is 9.64 Å². The van der Waals surface area contributed by atoms with Gasteiger partial charge in [-0.05, 0) is 75.4 Å². The smallest absolute Gasteiger partial charge is 0.410 e. The molecule has 29 heavy (non-hydrogen) atoms. The predicted molar refractivity (Wildman–Crippen MR) is 113 cm³/mol. The summed E-state index contributed by atoms with van der Waals surface area (Å²) >= 11 is 0. The van der Waals surface area contributed by atoms with E-state index in [0.717, 1.165) is 30.4 Å². The lowest BCUT2D eigenvalue weighted by Crippen LogP contribution is -2.37. The van der Waals surface area contributed by atoms with Gasteiger partial charge >= 0.3 is 6.09 Å². The number of aryl methyl sites for hydroxylation is 1. The summed E-state index contributed by atoms with van der Waals surface area (Å²) in [6.07, 6.45) is 2.44. The normalized spacial score (nSPS) is 16.8. The first kappa shape index (κ1) is 21.4. The number of nitrogens with zero attached hydrogens (tertiary/aromatic N) is 1. The fourth-order valence-electron chi connectivity index (χ4n) is 3.73. The van der Waals surface area contributed by atoms with Crippen molar-refractivity contribution in [3.05, 3.63) is 59.7 Å². The van der Waals surface area contributed by atoms with Crippen molar-refractivity contribution in [3.8, 4) is 0 Å². The Kier molecular flexibility index (Phi) is 6.03. The number of carbonyl (C=O) groups excluding carboxylic acids is 1. The molecule has 1 aliphatic carbocycles. The minimum absolute atomic E-state index is 0.171. The van der Waals surface area contributed by atoms with Gasteiger partial charge in [0.25, 0.3) is 0 Å². The fraction of sp³-hybridized carbons (Fsp3) is 0.435.